The van der Waals surface area contributed by atoms with Crippen molar-refractivity contribution in [3.63, 3.8) is 0 Å². The van der Waals surface area contributed by atoms with E-state index in [0.717, 1.165) is 18.4 Å². The molecule has 0 spiro atoms. The van der Waals surface area contributed by atoms with E-state index in [4.69, 9.17) is 21.1 Å². The Morgan fingerprint density at radius 1 is 1.10 bits per heavy atom. The van der Waals surface area contributed by atoms with E-state index >= 15 is 0 Å². The summed E-state index contributed by atoms with van der Waals surface area (Å²) in [7, 11) is 0. The Kier molecular flexibility index (Phi) is 12.2. The van der Waals surface area contributed by atoms with Gasteiger partial charge in [0.15, 0.2) is 5.82 Å². The van der Waals surface area contributed by atoms with Gasteiger partial charge in [-0.2, -0.15) is 4.98 Å². The number of rotatable bonds is 13. The smallest absolute Gasteiger partial charge is 0.415 e. The van der Waals surface area contributed by atoms with Gasteiger partial charge in [0, 0.05) is 44.9 Å². The molecule has 0 unspecified atom stereocenters. The molecule has 1 atom stereocenters. The number of benzene rings is 1. The zero-order valence-electron chi connectivity index (χ0n) is 25.2. The lowest BCUT2D eigenvalue weighted by Crippen LogP contribution is -2.38. The largest absolute Gasteiger partial charge is 0.458 e. The van der Waals surface area contributed by atoms with Gasteiger partial charge in [0.05, 0.1) is 6.20 Å². The third-order valence-corrected chi connectivity index (χ3v) is 6.84. The molecular formula is C30H43ClN6O5. The Hall–Kier alpha value is -3.60. The summed E-state index contributed by atoms with van der Waals surface area (Å²) in [5, 5.41) is 6.07. The lowest BCUT2D eigenvalue weighted by atomic mass is 10.0. The number of nitrogens with zero attached hydrogens (tertiary/aromatic N) is 4. The predicted molar refractivity (Wildman–Crippen MR) is 164 cm³/mol. The average molecular weight is 603 g/mol. The molecule has 1 aromatic carbocycles. The second-order valence-electron chi connectivity index (χ2n) is 11.1. The van der Waals surface area contributed by atoms with Crippen LogP contribution in [0.4, 0.5) is 22.2 Å². The molecule has 1 saturated heterocycles. The summed E-state index contributed by atoms with van der Waals surface area (Å²) >= 11 is 5.76. The minimum atomic E-state index is -0.847. The van der Waals surface area contributed by atoms with Crippen LogP contribution in [0.25, 0.3) is 0 Å². The predicted octanol–water partition coefficient (Wildman–Crippen LogP) is 5.24. The second-order valence-corrected chi connectivity index (χ2v) is 11.5. The van der Waals surface area contributed by atoms with E-state index in [-0.39, 0.29) is 24.8 Å². The summed E-state index contributed by atoms with van der Waals surface area (Å²) in [5.41, 5.74) is 0.439. The summed E-state index contributed by atoms with van der Waals surface area (Å²) in [6, 6.07) is 6.19. The van der Waals surface area contributed by atoms with Crippen LogP contribution >= 0.6 is 11.6 Å². The zero-order chi connectivity index (χ0) is 30.7. The summed E-state index contributed by atoms with van der Waals surface area (Å²) in [6.07, 6.45) is 4.16. The molecule has 2 heterocycles. The second kappa shape index (κ2) is 15.6. The Labute approximate surface area is 253 Å². The molecule has 230 valence electrons. The Morgan fingerprint density at radius 3 is 2.36 bits per heavy atom. The summed E-state index contributed by atoms with van der Waals surface area (Å²) in [6.45, 7) is 12.2. The zero-order valence-corrected chi connectivity index (χ0v) is 26.0. The van der Waals surface area contributed by atoms with Crippen molar-refractivity contribution >= 4 is 47.0 Å². The van der Waals surface area contributed by atoms with E-state index in [0.29, 0.717) is 61.7 Å². The van der Waals surface area contributed by atoms with E-state index < -0.39 is 17.6 Å². The first-order valence-corrected chi connectivity index (χ1v) is 15.1. The minimum absolute atomic E-state index is 0.231. The molecule has 42 heavy (non-hydrogen) atoms. The fourth-order valence-corrected chi connectivity index (χ4v) is 4.53. The first-order chi connectivity index (χ1) is 20.0. The number of alkyl halides is 1. The van der Waals surface area contributed by atoms with Crippen LogP contribution in [0.1, 0.15) is 65.9 Å². The molecule has 2 amide bonds. The molecule has 0 aliphatic carbocycles. The highest BCUT2D eigenvalue weighted by molar-refractivity contribution is 6.18. The Bertz CT molecular complexity index is 1190. The maximum absolute atomic E-state index is 13.4. The van der Waals surface area contributed by atoms with E-state index in [2.05, 4.69) is 20.6 Å². The molecule has 12 heteroatoms. The number of hydrogen-bond donors (Lipinski definition) is 2. The van der Waals surface area contributed by atoms with Crippen LogP contribution in [0, 0.1) is 0 Å². The Balaban J connectivity index is 1.87. The van der Waals surface area contributed by atoms with Crippen LogP contribution < -0.4 is 20.3 Å². The highest BCUT2D eigenvalue weighted by atomic mass is 35.5. The van der Waals surface area contributed by atoms with Gasteiger partial charge in [-0.3, -0.25) is 4.79 Å². The van der Waals surface area contributed by atoms with Crippen molar-refractivity contribution in [1.29, 1.82) is 0 Å². The van der Waals surface area contributed by atoms with Crippen LogP contribution in [0.3, 0.4) is 0 Å². The SMILES string of the molecule is CCN(CC)c1ncc(NC(=O)CCCCl)c(N[C@@H](Cc2ccc(OC(=O)N3CCCC3)cc2)C(=O)OC(C)(C)C)n1. The van der Waals surface area contributed by atoms with Crippen LogP contribution in [0.2, 0.25) is 0 Å². The van der Waals surface area contributed by atoms with Crippen molar-refractivity contribution < 1.29 is 23.9 Å². The van der Waals surface area contributed by atoms with Gasteiger partial charge in [0.25, 0.3) is 0 Å². The van der Waals surface area contributed by atoms with Gasteiger partial charge in [-0.25, -0.2) is 14.6 Å². The maximum atomic E-state index is 13.4. The Morgan fingerprint density at radius 2 is 1.76 bits per heavy atom. The van der Waals surface area contributed by atoms with Crippen LogP contribution in [0.5, 0.6) is 5.75 Å². The van der Waals surface area contributed by atoms with Crippen LogP contribution in [0.15, 0.2) is 30.5 Å². The van der Waals surface area contributed by atoms with Crippen molar-refractivity contribution in [3.05, 3.63) is 36.0 Å². The number of carbonyl (C=O) groups excluding carboxylic acids is 3. The monoisotopic (exact) mass is 602 g/mol. The molecule has 0 bridgehead atoms. The fourth-order valence-electron chi connectivity index (χ4n) is 4.40. The molecule has 1 aliphatic heterocycles. The molecule has 2 N–H and O–H groups in total. The van der Waals surface area contributed by atoms with Crippen molar-refractivity contribution in [2.75, 3.05) is 47.6 Å². The number of nitrogens with one attached hydrogen (secondary N) is 2. The topological polar surface area (TPSA) is 126 Å². The third-order valence-electron chi connectivity index (χ3n) is 6.57. The number of carbonyl (C=O) groups is 3. The lowest BCUT2D eigenvalue weighted by molar-refractivity contribution is -0.155. The van der Waals surface area contributed by atoms with E-state index in [1.165, 1.54) is 6.20 Å². The van der Waals surface area contributed by atoms with Crippen LogP contribution in [-0.4, -0.2) is 76.5 Å². The van der Waals surface area contributed by atoms with Gasteiger partial charge in [-0.05, 0) is 71.6 Å². The van der Waals surface area contributed by atoms with Crippen molar-refractivity contribution in [2.45, 2.75) is 78.4 Å². The number of aromatic nitrogens is 2. The molecule has 0 radical (unpaired) electrons. The minimum Gasteiger partial charge on any atom is -0.458 e. The normalized spacial score (nSPS) is 13.8. The molecular weight excluding hydrogens is 560 g/mol. The van der Waals surface area contributed by atoms with Crippen molar-refractivity contribution in [3.8, 4) is 5.75 Å². The first-order valence-electron chi connectivity index (χ1n) is 14.6. The van der Waals surface area contributed by atoms with Gasteiger partial charge in [0.1, 0.15) is 23.1 Å². The number of anilines is 3. The number of amides is 2. The summed E-state index contributed by atoms with van der Waals surface area (Å²) in [4.78, 5) is 51.1. The van der Waals surface area contributed by atoms with Gasteiger partial charge >= 0.3 is 12.1 Å². The quantitative estimate of drug-likeness (QED) is 0.234. The molecule has 0 saturated carbocycles. The maximum Gasteiger partial charge on any atom is 0.415 e. The van der Waals surface area contributed by atoms with E-state index in [9.17, 15) is 14.4 Å². The fraction of sp³-hybridized carbons (Fsp3) is 0.567. The summed E-state index contributed by atoms with van der Waals surface area (Å²) in [5.74, 6) is 0.859. The molecule has 3 rings (SSSR count). The van der Waals surface area contributed by atoms with Gasteiger partial charge in [-0.15, -0.1) is 11.6 Å². The number of halogens is 1. The first kappa shape index (κ1) is 32.9. The van der Waals surface area contributed by atoms with Gasteiger partial charge in [0.2, 0.25) is 11.9 Å². The van der Waals surface area contributed by atoms with Crippen molar-refractivity contribution in [1.82, 2.24) is 14.9 Å². The van der Waals surface area contributed by atoms with Gasteiger partial charge in [-0.1, -0.05) is 12.1 Å². The lowest BCUT2D eigenvalue weighted by Gasteiger charge is -2.26. The molecule has 1 aliphatic rings. The highest BCUT2D eigenvalue weighted by Gasteiger charge is 2.28. The van der Waals surface area contributed by atoms with E-state index in [1.54, 1.807) is 37.8 Å². The van der Waals surface area contributed by atoms with Crippen LogP contribution in [-0.2, 0) is 20.7 Å². The number of hydrogen-bond acceptors (Lipinski definition) is 9. The third kappa shape index (κ3) is 10.0. The highest BCUT2D eigenvalue weighted by Crippen LogP contribution is 2.25. The van der Waals surface area contributed by atoms with Gasteiger partial charge < -0.3 is 29.9 Å². The molecule has 2 aromatic rings. The summed E-state index contributed by atoms with van der Waals surface area (Å²) < 4.78 is 11.3. The molecule has 1 aromatic heterocycles. The van der Waals surface area contributed by atoms with Crippen molar-refractivity contribution in [2.24, 2.45) is 0 Å². The average Bonchev–Trinajstić information content (AvgIpc) is 3.49. The van der Waals surface area contributed by atoms with E-state index in [1.807, 2.05) is 30.9 Å². The standard InChI is InChI=1S/C30H43ClN6O5/c1-6-36(7-2)28-32-20-24(33-25(38)11-10-16-31)26(35-28)34-23(27(39)42-30(3,4)5)19-21-12-14-22(15-13-21)41-29(40)37-17-8-9-18-37/h12-15,20,23H,6-11,16-19H2,1-5H3,(H,33,38)(H,32,34,35)/t23-/m0/s1. The molecule has 1 fully saturated rings. The number of ether oxygens (including phenoxy) is 2. The number of esters is 1. The number of likely N-dealkylation sites (tertiary alicyclic amines) is 1. The molecule has 11 nitrogen and oxygen atoms in total.